The smallest absolute Gasteiger partial charge is 0.144 e. The van der Waals surface area contributed by atoms with E-state index >= 15 is 0 Å². The fraction of sp³-hybridized carbons (Fsp3) is 0.455. The molecular formula is C11H16ClNO2. The first-order valence-corrected chi connectivity index (χ1v) is 5.15. The number of nitrogens with two attached hydrogens (primary N) is 1. The van der Waals surface area contributed by atoms with Crippen LogP contribution in [-0.4, -0.2) is 18.3 Å². The molecule has 0 bridgehead atoms. The van der Waals surface area contributed by atoms with Crippen molar-refractivity contribution < 1.29 is 9.84 Å². The number of hydrogen-bond donors (Lipinski definition) is 2. The number of benzene rings is 1. The number of halogens is 1. The van der Waals surface area contributed by atoms with Crippen molar-refractivity contribution in [3.63, 3.8) is 0 Å². The molecule has 1 atom stereocenters. The van der Waals surface area contributed by atoms with E-state index in [9.17, 15) is 5.11 Å². The summed E-state index contributed by atoms with van der Waals surface area (Å²) in [6, 6.07) is 1.69. The van der Waals surface area contributed by atoms with Gasteiger partial charge in [0.15, 0.2) is 0 Å². The molecule has 0 aliphatic rings. The third kappa shape index (κ3) is 2.55. The molecule has 3 nitrogen and oxygen atoms in total. The highest BCUT2D eigenvalue weighted by Gasteiger charge is 2.14. The average molecular weight is 230 g/mol. The normalized spacial score (nSPS) is 12.6. The Morgan fingerprint density at radius 1 is 1.60 bits per heavy atom. The second-order valence-corrected chi connectivity index (χ2v) is 4.11. The van der Waals surface area contributed by atoms with Gasteiger partial charge in [0, 0.05) is 11.6 Å². The minimum absolute atomic E-state index is 0.0141. The molecule has 3 N–H and O–H groups in total. The lowest BCUT2D eigenvalue weighted by molar-refractivity contribution is 0.401. The quantitative estimate of drug-likeness (QED) is 0.836. The largest absolute Gasteiger partial charge is 0.507 e. The molecule has 1 aromatic rings. The summed E-state index contributed by atoms with van der Waals surface area (Å²) in [6.07, 6.45) is 0.594. The Hall–Kier alpha value is -0.930. The van der Waals surface area contributed by atoms with Crippen molar-refractivity contribution in [1.29, 1.82) is 0 Å². The van der Waals surface area contributed by atoms with Crippen LogP contribution in [0.4, 0.5) is 0 Å². The van der Waals surface area contributed by atoms with Crippen LogP contribution in [0, 0.1) is 6.92 Å². The number of phenolic OH excluding ortho intramolecular Hbond substituents is 1. The Morgan fingerprint density at radius 3 is 2.67 bits per heavy atom. The molecule has 0 saturated heterocycles. The van der Waals surface area contributed by atoms with Gasteiger partial charge in [-0.05, 0) is 31.9 Å². The Bertz CT molecular complexity index is 364. The lowest BCUT2D eigenvalue weighted by Crippen LogP contribution is -2.18. The van der Waals surface area contributed by atoms with Gasteiger partial charge in [-0.25, -0.2) is 0 Å². The maximum Gasteiger partial charge on any atom is 0.144 e. The fourth-order valence-electron chi connectivity index (χ4n) is 1.57. The predicted molar refractivity (Wildman–Crippen MR) is 61.8 cm³/mol. The second-order valence-electron chi connectivity index (χ2n) is 3.71. The summed E-state index contributed by atoms with van der Waals surface area (Å²) >= 11 is 6.01. The molecular weight excluding hydrogens is 214 g/mol. The van der Waals surface area contributed by atoms with E-state index in [1.54, 1.807) is 13.0 Å². The predicted octanol–water partition coefficient (Wildman–Crippen LogP) is 2.25. The van der Waals surface area contributed by atoms with Gasteiger partial charge in [0.25, 0.3) is 0 Å². The van der Waals surface area contributed by atoms with E-state index in [0.717, 1.165) is 5.56 Å². The third-order valence-electron chi connectivity index (χ3n) is 2.26. The maximum atomic E-state index is 9.89. The van der Waals surface area contributed by atoms with Crippen LogP contribution in [0.25, 0.3) is 0 Å². The Morgan fingerprint density at radius 2 is 2.20 bits per heavy atom. The average Bonchev–Trinajstić information content (AvgIpc) is 2.14. The number of ether oxygens (including phenoxy) is 1. The molecule has 0 aliphatic carbocycles. The molecule has 1 rings (SSSR count). The highest BCUT2D eigenvalue weighted by atomic mass is 35.5. The van der Waals surface area contributed by atoms with Gasteiger partial charge < -0.3 is 15.6 Å². The number of methoxy groups -OCH3 is 1. The van der Waals surface area contributed by atoms with E-state index < -0.39 is 0 Å². The monoisotopic (exact) mass is 229 g/mol. The third-order valence-corrected chi connectivity index (χ3v) is 2.54. The molecule has 0 heterocycles. The molecule has 0 radical (unpaired) electrons. The van der Waals surface area contributed by atoms with E-state index in [2.05, 4.69) is 0 Å². The van der Waals surface area contributed by atoms with Crippen LogP contribution in [0.2, 0.25) is 5.02 Å². The molecule has 84 valence electrons. The number of hydrogen-bond acceptors (Lipinski definition) is 3. The summed E-state index contributed by atoms with van der Waals surface area (Å²) in [7, 11) is 1.53. The number of phenols is 1. The van der Waals surface area contributed by atoms with Gasteiger partial charge in [0.2, 0.25) is 0 Å². The van der Waals surface area contributed by atoms with Crippen LogP contribution in [0.1, 0.15) is 18.1 Å². The summed E-state index contributed by atoms with van der Waals surface area (Å²) in [5.74, 6) is 0.733. The standard InChI is InChI=1S/C11H16ClNO2/c1-6(13)4-8-5-9(12)11(15-3)7(2)10(8)14/h5-6,14H,4,13H2,1-3H3. The van der Waals surface area contributed by atoms with Gasteiger partial charge in [-0.2, -0.15) is 0 Å². The van der Waals surface area contributed by atoms with Crippen LogP contribution in [0.5, 0.6) is 11.5 Å². The van der Waals surface area contributed by atoms with Crippen molar-refractivity contribution in [2.75, 3.05) is 7.11 Å². The summed E-state index contributed by atoms with van der Waals surface area (Å²) in [4.78, 5) is 0. The van der Waals surface area contributed by atoms with Crippen LogP contribution >= 0.6 is 11.6 Å². The van der Waals surface area contributed by atoms with Crippen LogP contribution in [0.3, 0.4) is 0 Å². The summed E-state index contributed by atoms with van der Waals surface area (Å²) < 4.78 is 5.09. The van der Waals surface area contributed by atoms with Crippen molar-refractivity contribution >= 4 is 11.6 Å². The summed E-state index contributed by atoms with van der Waals surface area (Å²) in [5, 5.41) is 10.4. The molecule has 0 aliphatic heterocycles. The lowest BCUT2D eigenvalue weighted by atomic mass is 10.0. The highest BCUT2D eigenvalue weighted by molar-refractivity contribution is 6.32. The first kappa shape index (κ1) is 12.1. The molecule has 4 heteroatoms. The van der Waals surface area contributed by atoms with Gasteiger partial charge >= 0.3 is 0 Å². The zero-order valence-corrected chi connectivity index (χ0v) is 9.93. The Labute approximate surface area is 94.8 Å². The summed E-state index contributed by atoms with van der Waals surface area (Å²) in [6.45, 7) is 3.65. The fourth-order valence-corrected chi connectivity index (χ4v) is 1.92. The van der Waals surface area contributed by atoms with Gasteiger partial charge in [-0.15, -0.1) is 0 Å². The molecule has 0 saturated carbocycles. The highest BCUT2D eigenvalue weighted by Crippen LogP contribution is 2.37. The number of rotatable bonds is 3. The van der Waals surface area contributed by atoms with E-state index in [0.29, 0.717) is 22.8 Å². The molecule has 0 aromatic heterocycles. The van der Waals surface area contributed by atoms with Gasteiger partial charge in [0.05, 0.1) is 12.1 Å². The van der Waals surface area contributed by atoms with Crippen molar-refractivity contribution in [1.82, 2.24) is 0 Å². The Balaban J connectivity index is 3.21. The lowest BCUT2D eigenvalue weighted by Gasteiger charge is -2.14. The molecule has 0 fully saturated rings. The Kier molecular flexibility index (Phi) is 3.83. The van der Waals surface area contributed by atoms with E-state index in [4.69, 9.17) is 22.1 Å². The molecule has 0 spiro atoms. The SMILES string of the molecule is COc1c(Cl)cc(CC(C)N)c(O)c1C. The molecule has 15 heavy (non-hydrogen) atoms. The van der Waals surface area contributed by atoms with Crippen LogP contribution in [0.15, 0.2) is 6.07 Å². The van der Waals surface area contributed by atoms with Crippen molar-refractivity contribution in [3.05, 3.63) is 22.2 Å². The number of aromatic hydroxyl groups is 1. The zero-order chi connectivity index (χ0) is 11.6. The minimum atomic E-state index is -0.0141. The summed E-state index contributed by atoms with van der Waals surface area (Å²) in [5.41, 5.74) is 7.09. The van der Waals surface area contributed by atoms with Gasteiger partial charge in [0.1, 0.15) is 11.5 Å². The zero-order valence-electron chi connectivity index (χ0n) is 9.17. The first-order chi connectivity index (χ1) is 6.97. The van der Waals surface area contributed by atoms with Gasteiger partial charge in [-0.1, -0.05) is 11.6 Å². The van der Waals surface area contributed by atoms with E-state index in [1.807, 2.05) is 6.92 Å². The van der Waals surface area contributed by atoms with Crippen molar-refractivity contribution in [3.8, 4) is 11.5 Å². The molecule has 1 unspecified atom stereocenters. The van der Waals surface area contributed by atoms with Crippen LogP contribution < -0.4 is 10.5 Å². The van der Waals surface area contributed by atoms with Gasteiger partial charge in [-0.3, -0.25) is 0 Å². The van der Waals surface area contributed by atoms with E-state index in [1.165, 1.54) is 7.11 Å². The molecule has 1 aromatic carbocycles. The topological polar surface area (TPSA) is 55.5 Å². The van der Waals surface area contributed by atoms with Crippen molar-refractivity contribution in [2.45, 2.75) is 26.3 Å². The van der Waals surface area contributed by atoms with Crippen molar-refractivity contribution in [2.24, 2.45) is 5.73 Å². The minimum Gasteiger partial charge on any atom is -0.507 e. The van der Waals surface area contributed by atoms with Crippen LogP contribution in [-0.2, 0) is 6.42 Å². The van der Waals surface area contributed by atoms with E-state index in [-0.39, 0.29) is 11.8 Å². The molecule has 0 amide bonds. The first-order valence-electron chi connectivity index (χ1n) is 4.77. The second kappa shape index (κ2) is 4.73. The maximum absolute atomic E-state index is 9.89.